The second-order valence-electron chi connectivity index (χ2n) is 8.50. The quantitative estimate of drug-likeness (QED) is 0.856. The van der Waals surface area contributed by atoms with Crippen molar-refractivity contribution in [3.63, 3.8) is 0 Å². The molecule has 1 aliphatic heterocycles. The standard InChI is InChI=1S/C21H29N5O2/c1-21(20(28)22-15-8-4-5-9-15)14-25-17-11-7-6-10-16(17)23-18(25)19(27)26(21)13-12-24(2)3/h6-7,10-11,15H,4-5,8-9,12-14H2,1-3H3,(H,22,28)/t21-/m1/s1. The van der Waals surface area contributed by atoms with E-state index >= 15 is 0 Å². The van der Waals surface area contributed by atoms with Gasteiger partial charge in [-0.3, -0.25) is 9.59 Å². The van der Waals surface area contributed by atoms with Crippen LogP contribution in [0.25, 0.3) is 11.0 Å². The van der Waals surface area contributed by atoms with Crippen molar-refractivity contribution in [1.29, 1.82) is 0 Å². The highest BCUT2D eigenvalue weighted by molar-refractivity contribution is 6.01. The van der Waals surface area contributed by atoms with Crippen LogP contribution in [-0.2, 0) is 11.3 Å². The number of rotatable bonds is 5. The maximum atomic E-state index is 13.4. The molecule has 1 aromatic heterocycles. The van der Waals surface area contributed by atoms with Crippen LogP contribution in [0.5, 0.6) is 0 Å². The summed E-state index contributed by atoms with van der Waals surface area (Å²) >= 11 is 0. The van der Waals surface area contributed by atoms with Crippen molar-refractivity contribution in [3.8, 4) is 0 Å². The van der Waals surface area contributed by atoms with Crippen molar-refractivity contribution in [1.82, 2.24) is 24.7 Å². The summed E-state index contributed by atoms with van der Waals surface area (Å²) < 4.78 is 1.91. The predicted octanol–water partition coefficient (Wildman–Crippen LogP) is 1.87. The normalized spacial score (nSPS) is 22.9. The van der Waals surface area contributed by atoms with E-state index in [0.717, 1.165) is 36.7 Å². The fourth-order valence-corrected chi connectivity index (χ4v) is 4.39. The Hall–Kier alpha value is -2.41. The van der Waals surface area contributed by atoms with Gasteiger partial charge in [0.1, 0.15) is 5.54 Å². The Labute approximate surface area is 165 Å². The molecular weight excluding hydrogens is 354 g/mol. The van der Waals surface area contributed by atoms with E-state index in [1.807, 2.05) is 54.8 Å². The Balaban J connectivity index is 1.72. The summed E-state index contributed by atoms with van der Waals surface area (Å²) in [6.07, 6.45) is 4.35. The Kier molecular flexibility index (Phi) is 4.87. The molecular formula is C21H29N5O2. The van der Waals surface area contributed by atoms with Gasteiger partial charge in [-0.25, -0.2) is 4.98 Å². The molecule has 150 valence electrons. The fourth-order valence-electron chi connectivity index (χ4n) is 4.39. The molecule has 2 aliphatic rings. The number of aromatic nitrogens is 2. The number of benzene rings is 1. The number of nitrogens with one attached hydrogen (secondary N) is 1. The van der Waals surface area contributed by atoms with E-state index in [1.54, 1.807) is 4.90 Å². The monoisotopic (exact) mass is 383 g/mol. The molecule has 0 spiro atoms. The van der Waals surface area contributed by atoms with Gasteiger partial charge in [0.25, 0.3) is 5.91 Å². The third-order valence-corrected chi connectivity index (χ3v) is 6.10. The van der Waals surface area contributed by atoms with Gasteiger partial charge >= 0.3 is 0 Å². The van der Waals surface area contributed by atoms with Gasteiger partial charge in [0.15, 0.2) is 5.82 Å². The summed E-state index contributed by atoms with van der Waals surface area (Å²) in [7, 11) is 3.94. The molecule has 0 radical (unpaired) electrons. The summed E-state index contributed by atoms with van der Waals surface area (Å²) in [5, 5.41) is 3.22. The van der Waals surface area contributed by atoms with E-state index in [2.05, 4.69) is 10.3 Å². The third kappa shape index (κ3) is 3.17. The first kappa shape index (κ1) is 18.9. The molecule has 1 atom stereocenters. The lowest BCUT2D eigenvalue weighted by atomic mass is 9.94. The summed E-state index contributed by atoms with van der Waals surface area (Å²) in [5.41, 5.74) is 0.753. The number of nitrogens with zero attached hydrogens (tertiary/aromatic N) is 4. The molecule has 2 aromatic rings. The zero-order valence-electron chi connectivity index (χ0n) is 16.9. The average molecular weight is 383 g/mol. The number of imidazole rings is 1. The van der Waals surface area contributed by atoms with Crippen LogP contribution in [0.4, 0.5) is 0 Å². The second-order valence-corrected chi connectivity index (χ2v) is 8.50. The van der Waals surface area contributed by atoms with Crippen molar-refractivity contribution in [2.75, 3.05) is 27.2 Å². The van der Waals surface area contributed by atoms with Gasteiger partial charge in [-0.2, -0.15) is 0 Å². The number of hydrogen-bond acceptors (Lipinski definition) is 4. The zero-order chi connectivity index (χ0) is 19.9. The second kappa shape index (κ2) is 7.20. The molecule has 0 bridgehead atoms. The first-order valence-electron chi connectivity index (χ1n) is 10.1. The summed E-state index contributed by atoms with van der Waals surface area (Å²) in [6.45, 7) is 3.49. The Morgan fingerprint density at radius 2 is 2.00 bits per heavy atom. The van der Waals surface area contributed by atoms with E-state index in [1.165, 1.54) is 0 Å². The smallest absolute Gasteiger partial charge is 0.290 e. The van der Waals surface area contributed by atoms with Crippen LogP contribution < -0.4 is 5.32 Å². The summed E-state index contributed by atoms with van der Waals surface area (Å²) in [5.74, 6) is 0.189. The lowest BCUT2D eigenvalue weighted by Crippen LogP contribution is -2.65. The zero-order valence-corrected chi connectivity index (χ0v) is 16.9. The van der Waals surface area contributed by atoms with E-state index < -0.39 is 5.54 Å². The molecule has 2 heterocycles. The lowest BCUT2D eigenvalue weighted by molar-refractivity contribution is -0.133. The molecule has 0 unspecified atom stereocenters. The summed E-state index contributed by atoms with van der Waals surface area (Å²) in [4.78, 5) is 35.1. The average Bonchev–Trinajstić information content (AvgIpc) is 3.29. The molecule has 7 nitrogen and oxygen atoms in total. The molecule has 1 N–H and O–H groups in total. The molecule has 2 amide bonds. The van der Waals surface area contributed by atoms with E-state index in [-0.39, 0.29) is 17.9 Å². The van der Waals surface area contributed by atoms with Crippen molar-refractivity contribution >= 4 is 22.8 Å². The van der Waals surface area contributed by atoms with E-state index in [9.17, 15) is 9.59 Å². The number of para-hydroxylation sites is 2. The maximum Gasteiger partial charge on any atom is 0.290 e. The van der Waals surface area contributed by atoms with Gasteiger partial charge in [0.2, 0.25) is 5.91 Å². The van der Waals surface area contributed by atoms with Crippen LogP contribution in [-0.4, -0.2) is 69.9 Å². The topological polar surface area (TPSA) is 70.5 Å². The number of likely N-dealkylation sites (N-methyl/N-ethyl adjacent to an activating group) is 1. The highest BCUT2D eigenvalue weighted by Gasteiger charge is 2.48. The van der Waals surface area contributed by atoms with Crippen LogP contribution in [0.2, 0.25) is 0 Å². The Morgan fingerprint density at radius 1 is 1.29 bits per heavy atom. The van der Waals surface area contributed by atoms with Crippen LogP contribution in [0.15, 0.2) is 24.3 Å². The minimum absolute atomic E-state index is 0.0602. The highest BCUT2D eigenvalue weighted by Crippen LogP contribution is 2.31. The minimum atomic E-state index is -0.938. The molecule has 4 rings (SSSR count). The van der Waals surface area contributed by atoms with Crippen molar-refractivity contribution in [3.05, 3.63) is 30.1 Å². The Bertz CT molecular complexity index is 899. The molecule has 28 heavy (non-hydrogen) atoms. The minimum Gasteiger partial charge on any atom is -0.351 e. The van der Waals surface area contributed by atoms with Crippen LogP contribution in [0.3, 0.4) is 0 Å². The van der Waals surface area contributed by atoms with Gasteiger partial charge in [-0.05, 0) is 46.0 Å². The number of hydrogen-bond donors (Lipinski definition) is 1. The Morgan fingerprint density at radius 3 is 2.71 bits per heavy atom. The number of fused-ring (bicyclic) bond motifs is 3. The molecule has 7 heteroatoms. The molecule has 1 aliphatic carbocycles. The van der Waals surface area contributed by atoms with Gasteiger partial charge in [-0.1, -0.05) is 25.0 Å². The first-order valence-corrected chi connectivity index (χ1v) is 10.1. The van der Waals surface area contributed by atoms with Crippen molar-refractivity contribution in [2.45, 2.75) is 50.7 Å². The fraction of sp³-hybridized carbons (Fsp3) is 0.571. The first-order chi connectivity index (χ1) is 13.4. The largest absolute Gasteiger partial charge is 0.351 e. The maximum absolute atomic E-state index is 13.4. The summed E-state index contributed by atoms with van der Waals surface area (Å²) in [6, 6.07) is 7.95. The van der Waals surface area contributed by atoms with E-state index in [0.29, 0.717) is 25.5 Å². The van der Waals surface area contributed by atoms with Gasteiger partial charge in [0.05, 0.1) is 17.6 Å². The molecule has 1 fully saturated rings. The van der Waals surface area contributed by atoms with Crippen LogP contribution in [0, 0.1) is 0 Å². The third-order valence-electron chi connectivity index (χ3n) is 6.10. The van der Waals surface area contributed by atoms with Crippen molar-refractivity contribution in [2.24, 2.45) is 0 Å². The van der Waals surface area contributed by atoms with Gasteiger partial charge < -0.3 is 19.7 Å². The van der Waals surface area contributed by atoms with Crippen LogP contribution >= 0.6 is 0 Å². The lowest BCUT2D eigenvalue weighted by Gasteiger charge is -2.44. The van der Waals surface area contributed by atoms with Gasteiger partial charge in [-0.15, -0.1) is 0 Å². The molecule has 1 aromatic carbocycles. The van der Waals surface area contributed by atoms with Crippen LogP contribution in [0.1, 0.15) is 43.2 Å². The number of carbonyl (C=O) groups is 2. The SMILES string of the molecule is CN(C)CCN1C(=O)c2nc3ccccc3n2C[C@]1(C)C(=O)NC1CCCC1. The molecule has 0 saturated heterocycles. The van der Waals surface area contributed by atoms with Gasteiger partial charge in [0, 0.05) is 19.1 Å². The number of amides is 2. The highest BCUT2D eigenvalue weighted by atomic mass is 16.2. The van der Waals surface area contributed by atoms with Crippen molar-refractivity contribution < 1.29 is 9.59 Å². The molecule has 1 saturated carbocycles. The van der Waals surface area contributed by atoms with E-state index in [4.69, 9.17) is 0 Å². The number of carbonyl (C=O) groups excluding carboxylic acids is 2. The predicted molar refractivity (Wildman–Crippen MR) is 108 cm³/mol.